The predicted octanol–water partition coefficient (Wildman–Crippen LogP) is 6.99. The van der Waals surface area contributed by atoms with Crippen LogP contribution < -0.4 is 0 Å². The zero-order chi connectivity index (χ0) is 22.2. The molecular formula is C26H42O4. The Bertz CT molecular complexity index is 683. The van der Waals surface area contributed by atoms with Crippen molar-refractivity contribution in [2.45, 2.75) is 111 Å². The number of benzene rings is 1. The van der Waals surface area contributed by atoms with Gasteiger partial charge in [0.1, 0.15) is 11.5 Å². The van der Waals surface area contributed by atoms with Gasteiger partial charge in [-0.1, -0.05) is 59.3 Å². The van der Waals surface area contributed by atoms with E-state index >= 15 is 0 Å². The second-order valence-electron chi connectivity index (χ2n) is 10.5. The Kier molecular flexibility index (Phi) is 9.06. The lowest BCUT2D eigenvalue weighted by Gasteiger charge is -2.17. The van der Waals surface area contributed by atoms with Crippen LogP contribution in [0.2, 0.25) is 0 Å². The Morgan fingerprint density at radius 2 is 1.30 bits per heavy atom. The van der Waals surface area contributed by atoms with Crippen LogP contribution in [0, 0.1) is 10.8 Å². The molecule has 0 atom stereocenters. The number of unbranched alkanes of at least 4 members (excludes halogenated alkanes) is 6. The van der Waals surface area contributed by atoms with E-state index < -0.39 is 11.4 Å². The van der Waals surface area contributed by atoms with Gasteiger partial charge in [0.05, 0.1) is 5.41 Å². The highest BCUT2D eigenvalue weighted by Gasteiger charge is 2.49. The lowest BCUT2D eigenvalue weighted by Crippen LogP contribution is -2.14. The molecule has 0 aliphatic heterocycles. The molecule has 30 heavy (non-hydrogen) atoms. The quantitative estimate of drug-likeness (QED) is 0.225. The molecule has 0 aromatic heterocycles. The smallest absolute Gasteiger partial charge is 0.309 e. The number of carboxylic acids is 1. The molecule has 0 unspecified atom stereocenters. The molecule has 4 nitrogen and oxygen atoms in total. The van der Waals surface area contributed by atoms with E-state index in [1.165, 1.54) is 19.3 Å². The van der Waals surface area contributed by atoms with E-state index in [0.29, 0.717) is 16.9 Å². The third-order valence-corrected chi connectivity index (χ3v) is 6.62. The molecular weight excluding hydrogens is 376 g/mol. The van der Waals surface area contributed by atoms with Crippen molar-refractivity contribution in [1.82, 2.24) is 0 Å². The third-order valence-electron chi connectivity index (χ3n) is 6.62. The zero-order valence-electron chi connectivity index (χ0n) is 19.3. The summed E-state index contributed by atoms with van der Waals surface area (Å²) >= 11 is 0. The average molecular weight is 419 g/mol. The first-order valence-electron chi connectivity index (χ1n) is 11.9. The lowest BCUT2D eigenvalue weighted by atomic mass is 9.89. The van der Waals surface area contributed by atoms with Gasteiger partial charge < -0.3 is 15.3 Å². The van der Waals surface area contributed by atoms with Crippen molar-refractivity contribution >= 4 is 5.97 Å². The van der Waals surface area contributed by atoms with Gasteiger partial charge in [0.2, 0.25) is 0 Å². The first-order chi connectivity index (χ1) is 14.1. The van der Waals surface area contributed by atoms with Crippen LogP contribution in [0.5, 0.6) is 11.5 Å². The fourth-order valence-electron chi connectivity index (χ4n) is 4.38. The molecule has 0 heterocycles. The summed E-state index contributed by atoms with van der Waals surface area (Å²) in [5.41, 5.74) is 1.79. The second-order valence-corrected chi connectivity index (χ2v) is 10.5. The first kappa shape index (κ1) is 24.6. The van der Waals surface area contributed by atoms with Crippen molar-refractivity contribution in [3.63, 3.8) is 0 Å². The Balaban J connectivity index is 1.73. The summed E-state index contributed by atoms with van der Waals surface area (Å²) in [7, 11) is 0. The highest BCUT2D eigenvalue weighted by Crippen LogP contribution is 2.50. The van der Waals surface area contributed by atoms with E-state index in [2.05, 4.69) is 20.8 Å². The van der Waals surface area contributed by atoms with E-state index in [9.17, 15) is 20.1 Å². The SMILES string of the molecule is CC(C)(C)CCCCCCc1c(O)ccc(O)c1CCCCCCC1(C(=O)O)CC1. The van der Waals surface area contributed by atoms with E-state index in [4.69, 9.17) is 0 Å². The number of phenolic OH excluding ortho intramolecular Hbond substituents is 2. The van der Waals surface area contributed by atoms with Gasteiger partial charge in [-0.25, -0.2) is 0 Å². The monoisotopic (exact) mass is 418 g/mol. The normalized spacial score (nSPS) is 15.3. The minimum absolute atomic E-state index is 0.290. The first-order valence-corrected chi connectivity index (χ1v) is 11.9. The van der Waals surface area contributed by atoms with Crippen LogP contribution in [0.4, 0.5) is 0 Å². The van der Waals surface area contributed by atoms with E-state index in [-0.39, 0.29) is 0 Å². The number of aliphatic carboxylic acids is 1. The van der Waals surface area contributed by atoms with Gasteiger partial charge in [0.25, 0.3) is 0 Å². The Morgan fingerprint density at radius 1 is 0.833 bits per heavy atom. The van der Waals surface area contributed by atoms with Crippen LogP contribution in [0.1, 0.15) is 109 Å². The molecule has 1 aromatic carbocycles. The molecule has 1 aliphatic rings. The number of rotatable bonds is 14. The molecule has 0 radical (unpaired) electrons. The van der Waals surface area contributed by atoms with E-state index in [1.54, 1.807) is 12.1 Å². The Morgan fingerprint density at radius 3 is 1.73 bits per heavy atom. The maximum absolute atomic E-state index is 11.2. The van der Waals surface area contributed by atoms with Crippen molar-refractivity contribution in [2.24, 2.45) is 10.8 Å². The highest BCUT2D eigenvalue weighted by atomic mass is 16.4. The standard InChI is InChI=1S/C26H42O4/c1-25(2,3)16-10-6-4-8-12-20-21(23(28)15-14-22(20)27)13-9-5-7-11-17-26(18-19-26)24(29)30/h14-15,27-28H,4-13,16-19H2,1-3H3,(H,29,30). The van der Waals surface area contributed by atoms with Crippen molar-refractivity contribution in [3.8, 4) is 11.5 Å². The summed E-state index contributed by atoms with van der Waals surface area (Å²) in [5.74, 6) is -0.0387. The molecule has 4 heteroatoms. The number of hydrogen-bond acceptors (Lipinski definition) is 3. The topological polar surface area (TPSA) is 77.8 Å². The predicted molar refractivity (Wildman–Crippen MR) is 122 cm³/mol. The van der Waals surface area contributed by atoms with Crippen molar-refractivity contribution < 1.29 is 20.1 Å². The highest BCUT2D eigenvalue weighted by molar-refractivity contribution is 5.77. The number of carboxylic acid groups (broad SMARTS) is 1. The van der Waals surface area contributed by atoms with Gasteiger partial charge in [-0.3, -0.25) is 4.79 Å². The molecule has 0 amide bonds. The molecule has 3 N–H and O–H groups in total. The maximum Gasteiger partial charge on any atom is 0.309 e. The summed E-state index contributed by atoms with van der Waals surface area (Å²) in [4.78, 5) is 11.2. The van der Waals surface area contributed by atoms with E-state index in [1.807, 2.05) is 0 Å². The van der Waals surface area contributed by atoms with Crippen LogP contribution in [0.25, 0.3) is 0 Å². The largest absolute Gasteiger partial charge is 0.508 e. The van der Waals surface area contributed by atoms with Crippen LogP contribution in [-0.2, 0) is 17.6 Å². The number of aromatic hydroxyl groups is 2. The third kappa shape index (κ3) is 7.85. The number of hydrogen-bond donors (Lipinski definition) is 3. The summed E-state index contributed by atoms with van der Waals surface area (Å²) in [6.45, 7) is 6.83. The summed E-state index contributed by atoms with van der Waals surface area (Å²) < 4.78 is 0. The molecule has 2 rings (SSSR count). The van der Waals surface area contributed by atoms with Crippen LogP contribution in [-0.4, -0.2) is 21.3 Å². The molecule has 170 valence electrons. The van der Waals surface area contributed by atoms with Crippen LogP contribution >= 0.6 is 0 Å². The average Bonchev–Trinajstić information content (AvgIpc) is 3.45. The number of phenols is 2. The molecule has 0 saturated heterocycles. The summed E-state index contributed by atoms with van der Waals surface area (Å²) in [5, 5.41) is 29.9. The van der Waals surface area contributed by atoms with Gasteiger partial charge in [-0.2, -0.15) is 0 Å². The molecule has 1 aromatic rings. The van der Waals surface area contributed by atoms with Gasteiger partial charge in [-0.15, -0.1) is 0 Å². The van der Waals surface area contributed by atoms with Gasteiger partial charge in [0, 0.05) is 11.1 Å². The molecule has 1 saturated carbocycles. The van der Waals surface area contributed by atoms with Gasteiger partial charge in [-0.05, 0) is 68.9 Å². The summed E-state index contributed by atoms with van der Waals surface area (Å²) in [6.07, 6.45) is 13.9. The van der Waals surface area contributed by atoms with Crippen LogP contribution in [0.3, 0.4) is 0 Å². The van der Waals surface area contributed by atoms with Crippen LogP contribution in [0.15, 0.2) is 12.1 Å². The fourth-order valence-corrected chi connectivity index (χ4v) is 4.38. The number of carbonyl (C=O) groups is 1. The van der Waals surface area contributed by atoms with Gasteiger partial charge in [0.15, 0.2) is 0 Å². The van der Waals surface area contributed by atoms with Crippen molar-refractivity contribution in [1.29, 1.82) is 0 Å². The lowest BCUT2D eigenvalue weighted by molar-refractivity contribution is -0.143. The molecule has 0 bridgehead atoms. The van der Waals surface area contributed by atoms with Gasteiger partial charge >= 0.3 is 5.97 Å². The van der Waals surface area contributed by atoms with Crippen molar-refractivity contribution in [2.75, 3.05) is 0 Å². The van der Waals surface area contributed by atoms with E-state index in [0.717, 1.165) is 81.8 Å². The maximum atomic E-state index is 11.2. The fraction of sp³-hybridized carbons (Fsp3) is 0.731. The summed E-state index contributed by atoms with van der Waals surface area (Å²) in [6, 6.07) is 3.20. The Hall–Kier alpha value is -1.71. The minimum atomic E-state index is -0.629. The Labute approximate surface area is 182 Å². The minimum Gasteiger partial charge on any atom is -0.508 e. The second kappa shape index (κ2) is 11.1. The van der Waals surface area contributed by atoms with Crippen molar-refractivity contribution in [3.05, 3.63) is 23.3 Å². The molecule has 1 fully saturated rings. The molecule has 0 spiro atoms. The zero-order valence-corrected chi connectivity index (χ0v) is 19.3. The molecule has 1 aliphatic carbocycles.